The SMILES string of the molecule is Cc1cc(C)c(C(C)(N)c2ccc(F)cn2)c(F)c1. The van der Waals surface area contributed by atoms with Gasteiger partial charge in [-0.25, -0.2) is 8.78 Å². The Kier molecular flexibility index (Phi) is 3.37. The van der Waals surface area contributed by atoms with Crippen molar-refractivity contribution in [2.75, 3.05) is 0 Å². The third-order valence-corrected chi connectivity index (χ3v) is 3.21. The second kappa shape index (κ2) is 4.70. The van der Waals surface area contributed by atoms with E-state index in [1.165, 1.54) is 18.2 Å². The molecule has 1 aromatic carbocycles. The van der Waals surface area contributed by atoms with E-state index in [2.05, 4.69) is 4.98 Å². The van der Waals surface area contributed by atoms with E-state index >= 15 is 0 Å². The highest BCUT2D eigenvalue weighted by atomic mass is 19.1. The lowest BCUT2D eigenvalue weighted by molar-refractivity contribution is 0.512. The molecule has 2 rings (SSSR count). The van der Waals surface area contributed by atoms with Crippen LogP contribution in [0.3, 0.4) is 0 Å². The van der Waals surface area contributed by atoms with Gasteiger partial charge in [0.25, 0.3) is 0 Å². The minimum atomic E-state index is -1.10. The minimum Gasteiger partial charge on any atom is -0.317 e. The number of aromatic nitrogens is 1. The molecule has 0 aliphatic rings. The summed E-state index contributed by atoms with van der Waals surface area (Å²) in [6, 6.07) is 6.06. The van der Waals surface area contributed by atoms with Gasteiger partial charge in [0, 0.05) is 5.56 Å². The molecule has 0 radical (unpaired) electrons. The number of aryl methyl sites for hydroxylation is 2. The molecular weight excluding hydrogens is 246 g/mol. The molecule has 2 N–H and O–H groups in total. The molecule has 1 aromatic heterocycles. The Morgan fingerprint density at radius 1 is 1.16 bits per heavy atom. The van der Waals surface area contributed by atoms with Crippen molar-refractivity contribution in [3.05, 3.63) is 64.5 Å². The Morgan fingerprint density at radius 2 is 1.84 bits per heavy atom. The van der Waals surface area contributed by atoms with E-state index < -0.39 is 11.4 Å². The van der Waals surface area contributed by atoms with Gasteiger partial charge in [0.05, 0.1) is 17.4 Å². The summed E-state index contributed by atoms with van der Waals surface area (Å²) in [5.74, 6) is -0.811. The largest absolute Gasteiger partial charge is 0.317 e. The quantitative estimate of drug-likeness (QED) is 0.902. The first-order valence-electron chi connectivity index (χ1n) is 6.00. The van der Waals surface area contributed by atoms with Gasteiger partial charge in [-0.05, 0) is 50.1 Å². The molecule has 1 atom stereocenters. The number of rotatable bonds is 2. The fourth-order valence-electron chi connectivity index (χ4n) is 2.38. The highest BCUT2D eigenvalue weighted by Gasteiger charge is 2.30. The predicted molar refractivity (Wildman–Crippen MR) is 70.7 cm³/mol. The molecule has 0 saturated carbocycles. The van der Waals surface area contributed by atoms with Crippen LogP contribution in [0.1, 0.15) is 29.3 Å². The molecular formula is C15H16F2N2. The Bertz CT molecular complexity index is 581. The van der Waals surface area contributed by atoms with Gasteiger partial charge in [-0.3, -0.25) is 4.98 Å². The molecule has 0 fully saturated rings. The monoisotopic (exact) mass is 262 g/mol. The van der Waals surface area contributed by atoms with Gasteiger partial charge < -0.3 is 5.73 Å². The Hall–Kier alpha value is -1.81. The summed E-state index contributed by atoms with van der Waals surface area (Å²) >= 11 is 0. The zero-order valence-electron chi connectivity index (χ0n) is 11.2. The van der Waals surface area contributed by atoms with Gasteiger partial charge in [0.2, 0.25) is 0 Å². The van der Waals surface area contributed by atoms with Crippen molar-refractivity contribution in [3.8, 4) is 0 Å². The van der Waals surface area contributed by atoms with Gasteiger partial charge >= 0.3 is 0 Å². The van der Waals surface area contributed by atoms with Crippen molar-refractivity contribution < 1.29 is 8.78 Å². The zero-order chi connectivity index (χ0) is 14.2. The Morgan fingerprint density at radius 3 is 2.37 bits per heavy atom. The van der Waals surface area contributed by atoms with Crippen LogP contribution in [0, 0.1) is 25.5 Å². The number of nitrogens with zero attached hydrogens (tertiary/aromatic N) is 1. The first kappa shape index (κ1) is 13.6. The van der Waals surface area contributed by atoms with Gasteiger partial charge in [-0.1, -0.05) is 6.07 Å². The molecule has 0 spiro atoms. The predicted octanol–water partition coefficient (Wildman–Crippen LogP) is 3.20. The maximum atomic E-state index is 14.2. The van der Waals surface area contributed by atoms with E-state index in [1.807, 2.05) is 13.0 Å². The molecule has 0 aliphatic heterocycles. The van der Waals surface area contributed by atoms with Crippen LogP contribution < -0.4 is 5.73 Å². The van der Waals surface area contributed by atoms with E-state index in [0.717, 1.165) is 17.3 Å². The van der Waals surface area contributed by atoms with E-state index in [9.17, 15) is 8.78 Å². The van der Waals surface area contributed by atoms with Crippen LogP contribution in [0.5, 0.6) is 0 Å². The molecule has 1 heterocycles. The Balaban J connectivity index is 2.59. The second-order valence-corrected chi connectivity index (χ2v) is 5.00. The molecule has 0 aliphatic carbocycles. The summed E-state index contributed by atoms with van der Waals surface area (Å²) in [6.45, 7) is 5.30. The number of pyridine rings is 1. The van der Waals surface area contributed by atoms with Gasteiger partial charge in [0.1, 0.15) is 11.6 Å². The summed E-state index contributed by atoms with van der Waals surface area (Å²) in [5, 5.41) is 0. The number of halogens is 2. The van der Waals surface area contributed by atoms with Crippen LogP contribution in [0.25, 0.3) is 0 Å². The van der Waals surface area contributed by atoms with Crippen molar-refractivity contribution in [1.82, 2.24) is 4.98 Å². The highest BCUT2D eigenvalue weighted by Crippen LogP contribution is 2.30. The average molecular weight is 262 g/mol. The van der Waals surface area contributed by atoms with Crippen LogP contribution in [0.4, 0.5) is 8.78 Å². The molecule has 0 amide bonds. The second-order valence-electron chi connectivity index (χ2n) is 5.00. The maximum Gasteiger partial charge on any atom is 0.141 e. The maximum absolute atomic E-state index is 14.2. The number of nitrogens with two attached hydrogens (primary N) is 1. The fraction of sp³-hybridized carbons (Fsp3) is 0.267. The van der Waals surface area contributed by atoms with Crippen LogP contribution in [0.2, 0.25) is 0 Å². The van der Waals surface area contributed by atoms with Gasteiger partial charge in [-0.15, -0.1) is 0 Å². The highest BCUT2D eigenvalue weighted by molar-refractivity contribution is 5.41. The zero-order valence-corrected chi connectivity index (χ0v) is 11.2. The molecule has 2 aromatic rings. The molecule has 0 bridgehead atoms. The van der Waals surface area contributed by atoms with Crippen molar-refractivity contribution in [2.45, 2.75) is 26.3 Å². The summed E-state index contributed by atoms with van der Waals surface area (Å²) in [7, 11) is 0. The standard InChI is InChI=1S/C15H16F2N2/c1-9-6-10(2)14(12(17)7-9)15(3,18)13-5-4-11(16)8-19-13/h4-8H,18H2,1-3H3. The lowest BCUT2D eigenvalue weighted by Crippen LogP contribution is -2.37. The lowest BCUT2D eigenvalue weighted by atomic mass is 9.85. The van der Waals surface area contributed by atoms with Crippen molar-refractivity contribution in [1.29, 1.82) is 0 Å². The average Bonchev–Trinajstić information content (AvgIpc) is 2.27. The number of benzene rings is 1. The van der Waals surface area contributed by atoms with E-state index in [-0.39, 0.29) is 5.82 Å². The third-order valence-electron chi connectivity index (χ3n) is 3.21. The first-order chi connectivity index (χ1) is 8.82. The number of hydrogen-bond acceptors (Lipinski definition) is 2. The van der Waals surface area contributed by atoms with E-state index in [4.69, 9.17) is 5.73 Å². The van der Waals surface area contributed by atoms with E-state index in [0.29, 0.717) is 11.3 Å². The summed E-state index contributed by atoms with van der Waals surface area (Å²) in [6.07, 6.45) is 1.09. The normalized spacial score (nSPS) is 14.2. The van der Waals surface area contributed by atoms with Crippen molar-refractivity contribution >= 4 is 0 Å². The molecule has 4 heteroatoms. The van der Waals surface area contributed by atoms with Crippen LogP contribution in [-0.4, -0.2) is 4.98 Å². The van der Waals surface area contributed by atoms with Crippen LogP contribution in [-0.2, 0) is 5.54 Å². The Labute approximate surface area is 111 Å². The minimum absolute atomic E-state index is 0.367. The van der Waals surface area contributed by atoms with Crippen LogP contribution in [0.15, 0.2) is 30.5 Å². The third kappa shape index (κ3) is 2.49. The lowest BCUT2D eigenvalue weighted by Gasteiger charge is -2.27. The van der Waals surface area contributed by atoms with Gasteiger partial charge in [0.15, 0.2) is 0 Å². The van der Waals surface area contributed by atoms with Crippen molar-refractivity contribution in [3.63, 3.8) is 0 Å². The topological polar surface area (TPSA) is 38.9 Å². The summed E-state index contributed by atoms with van der Waals surface area (Å²) < 4.78 is 27.1. The first-order valence-corrected chi connectivity index (χ1v) is 6.00. The fourth-order valence-corrected chi connectivity index (χ4v) is 2.38. The molecule has 19 heavy (non-hydrogen) atoms. The van der Waals surface area contributed by atoms with Gasteiger partial charge in [-0.2, -0.15) is 0 Å². The molecule has 1 unspecified atom stereocenters. The van der Waals surface area contributed by atoms with E-state index in [1.54, 1.807) is 13.8 Å². The molecule has 2 nitrogen and oxygen atoms in total. The van der Waals surface area contributed by atoms with Crippen LogP contribution >= 0.6 is 0 Å². The summed E-state index contributed by atoms with van der Waals surface area (Å²) in [5.41, 5.74) is 7.54. The van der Waals surface area contributed by atoms with Crippen molar-refractivity contribution in [2.24, 2.45) is 5.73 Å². The smallest absolute Gasteiger partial charge is 0.141 e. The number of hydrogen-bond donors (Lipinski definition) is 1. The molecule has 100 valence electrons. The summed E-state index contributed by atoms with van der Waals surface area (Å²) in [4.78, 5) is 3.96. The molecule has 0 saturated heterocycles.